The first-order chi connectivity index (χ1) is 17.9. The van der Waals surface area contributed by atoms with Gasteiger partial charge >= 0.3 is 0 Å². The minimum absolute atomic E-state index is 0.127. The molecule has 10 nitrogen and oxygen atoms in total. The van der Waals surface area contributed by atoms with Crippen LogP contribution in [0.15, 0.2) is 30.3 Å². The van der Waals surface area contributed by atoms with Crippen LogP contribution in [0.3, 0.4) is 0 Å². The molecule has 0 saturated carbocycles. The van der Waals surface area contributed by atoms with E-state index < -0.39 is 46.6 Å². The molecule has 4 atom stereocenters. The summed E-state index contributed by atoms with van der Waals surface area (Å²) >= 11 is 0. The first kappa shape index (κ1) is 31.4. The van der Waals surface area contributed by atoms with E-state index in [4.69, 9.17) is 4.74 Å². The standard InChI is InChI=1S/C29H48N4O6/c1-20(34)14-31(15-21(2)35)30-24(37)17-32-25(38)28(8,23-12-10-9-11-13-23)39-29(32)18-26(4,5)33(16-22(3)36)27(6,7)19-29/h9-13,20-22,34-36H,14-19H2,1-8H3,(H,30,37). The van der Waals surface area contributed by atoms with Gasteiger partial charge in [0.05, 0.1) is 18.3 Å². The van der Waals surface area contributed by atoms with E-state index in [0.29, 0.717) is 24.9 Å². The van der Waals surface area contributed by atoms with Crippen molar-refractivity contribution in [1.82, 2.24) is 20.2 Å². The molecule has 1 aromatic carbocycles. The molecule has 0 radical (unpaired) electrons. The maximum atomic E-state index is 14.2. The van der Waals surface area contributed by atoms with Crippen molar-refractivity contribution in [2.24, 2.45) is 0 Å². The Morgan fingerprint density at radius 2 is 1.46 bits per heavy atom. The minimum atomic E-state index is -1.29. The zero-order valence-corrected chi connectivity index (χ0v) is 24.8. The Labute approximate surface area is 232 Å². The highest BCUT2D eigenvalue weighted by Crippen LogP contribution is 2.54. The van der Waals surface area contributed by atoms with Crippen LogP contribution in [0.4, 0.5) is 0 Å². The number of aliphatic hydroxyl groups excluding tert-OH is 3. The Kier molecular flexibility index (Phi) is 9.21. The molecule has 3 rings (SSSR count). The first-order valence-electron chi connectivity index (χ1n) is 13.9. The number of carbonyl (C=O) groups excluding carboxylic acids is 2. The van der Waals surface area contributed by atoms with Crippen molar-refractivity contribution in [3.63, 3.8) is 0 Å². The van der Waals surface area contributed by atoms with Crippen LogP contribution in [0.2, 0.25) is 0 Å². The average molecular weight is 549 g/mol. The quantitative estimate of drug-likeness (QED) is 0.325. The Morgan fingerprint density at radius 3 is 1.92 bits per heavy atom. The molecule has 39 heavy (non-hydrogen) atoms. The second kappa shape index (κ2) is 11.4. The lowest BCUT2D eigenvalue weighted by Crippen LogP contribution is -2.70. The van der Waals surface area contributed by atoms with E-state index in [1.165, 1.54) is 5.01 Å². The number of ether oxygens (including phenoxy) is 1. The number of carbonyl (C=O) groups is 2. The van der Waals surface area contributed by atoms with Crippen LogP contribution in [-0.4, -0.2) is 103 Å². The van der Waals surface area contributed by atoms with Crippen LogP contribution in [0.25, 0.3) is 0 Å². The molecule has 4 unspecified atom stereocenters. The van der Waals surface area contributed by atoms with Crippen molar-refractivity contribution >= 4 is 11.8 Å². The van der Waals surface area contributed by atoms with E-state index in [1.807, 2.05) is 30.3 Å². The van der Waals surface area contributed by atoms with Crippen LogP contribution in [0.5, 0.6) is 0 Å². The number of nitrogens with one attached hydrogen (secondary N) is 1. The molecule has 2 aliphatic heterocycles. The summed E-state index contributed by atoms with van der Waals surface area (Å²) < 4.78 is 6.86. The largest absolute Gasteiger partial charge is 0.392 e. The topological polar surface area (TPSA) is 126 Å². The third kappa shape index (κ3) is 6.81. The minimum Gasteiger partial charge on any atom is -0.392 e. The van der Waals surface area contributed by atoms with Crippen LogP contribution in [0, 0.1) is 0 Å². The Bertz CT molecular complexity index is 984. The van der Waals surface area contributed by atoms with E-state index in [-0.39, 0.29) is 25.5 Å². The monoisotopic (exact) mass is 548 g/mol. The number of likely N-dealkylation sites (tertiary alicyclic amines) is 1. The Hall–Kier alpha value is -2.08. The third-order valence-electron chi connectivity index (χ3n) is 7.74. The lowest BCUT2D eigenvalue weighted by molar-refractivity contribution is -0.221. The third-order valence-corrected chi connectivity index (χ3v) is 7.74. The summed E-state index contributed by atoms with van der Waals surface area (Å²) in [6.07, 6.45) is -1.12. The summed E-state index contributed by atoms with van der Waals surface area (Å²) in [5, 5.41) is 31.5. The molecule has 4 N–H and O–H groups in total. The highest BCUT2D eigenvalue weighted by atomic mass is 16.6. The van der Waals surface area contributed by atoms with Crippen molar-refractivity contribution in [2.75, 3.05) is 26.2 Å². The molecule has 10 heteroatoms. The molecule has 1 aromatic rings. The maximum Gasteiger partial charge on any atom is 0.262 e. The fourth-order valence-electron chi connectivity index (χ4n) is 6.68. The maximum absolute atomic E-state index is 14.2. The zero-order valence-electron chi connectivity index (χ0n) is 24.8. The normalized spacial score (nSPS) is 26.6. The van der Waals surface area contributed by atoms with Gasteiger partial charge in [0, 0.05) is 43.6 Å². The van der Waals surface area contributed by atoms with Gasteiger partial charge in [-0.3, -0.25) is 19.9 Å². The van der Waals surface area contributed by atoms with Gasteiger partial charge in [0.25, 0.3) is 11.8 Å². The molecule has 2 aliphatic rings. The summed E-state index contributed by atoms with van der Waals surface area (Å²) in [4.78, 5) is 31.5. The molecule has 0 bridgehead atoms. The number of hydrogen-bond donors (Lipinski definition) is 4. The number of aliphatic hydroxyl groups is 3. The Balaban J connectivity index is 2.01. The second-order valence-electron chi connectivity index (χ2n) is 12.9. The summed E-state index contributed by atoms with van der Waals surface area (Å²) in [6.45, 7) is 15.5. The number of piperidine rings is 1. The van der Waals surface area contributed by atoms with Crippen LogP contribution < -0.4 is 5.43 Å². The lowest BCUT2D eigenvalue weighted by atomic mass is 9.74. The molecule has 2 fully saturated rings. The predicted molar refractivity (Wildman–Crippen MR) is 148 cm³/mol. The van der Waals surface area contributed by atoms with Crippen LogP contribution in [-0.2, 0) is 19.9 Å². The number of hydrazine groups is 1. The first-order valence-corrected chi connectivity index (χ1v) is 13.9. The number of hydrogen-bond acceptors (Lipinski definition) is 8. The van der Waals surface area contributed by atoms with E-state index >= 15 is 0 Å². The van der Waals surface area contributed by atoms with Crippen molar-refractivity contribution in [1.29, 1.82) is 0 Å². The number of rotatable bonds is 10. The fourth-order valence-corrected chi connectivity index (χ4v) is 6.68. The van der Waals surface area contributed by atoms with Gasteiger partial charge in [-0.2, -0.15) is 0 Å². The number of nitrogens with zero attached hydrogens (tertiary/aromatic N) is 3. The van der Waals surface area contributed by atoms with Gasteiger partial charge in [-0.05, 0) is 61.0 Å². The molecule has 1 spiro atoms. The SMILES string of the molecule is CC(O)CN(CC(C)O)NC(=O)CN1C(=O)C(C)(c2ccccc2)OC12CC(C)(C)N(CC(C)O)C(C)(C)C2. The molecule has 0 aliphatic carbocycles. The average Bonchev–Trinajstić information content (AvgIpc) is 2.96. The van der Waals surface area contributed by atoms with Crippen molar-refractivity contribution in [2.45, 2.75) is 109 Å². The fraction of sp³-hybridized carbons (Fsp3) is 0.724. The summed E-state index contributed by atoms with van der Waals surface area (Å²) in [6, 6.07) is 9.33. The van der Waals surface area contributed by atoms with Crippen molar-refractivity contribution in [3.8, 4) is 0 Å². The zero-order chi connectivity index (χ0) is 29.4. The molecule has 2 amide bonds. The Morgan fingerprint density at radius 1 is 0.949 bits per heavy atom. The van der Waals surface area contributed by atoms with Gasteiger partial charge in [-0.15, -0.1) is 0 Å². The highest BCUT2D eigenvalue weighted by Gasteiger charge is 2.65. The van der Waals surface area contributed by atoms with Gasteiger partial charge in [-0.25, -0.2) is 5.01 Å². The summed E-state index contributed by atoms with van der Waals surface area (Å²) in [7, 11) is 0. The molecule has 0 aromatic heterocycles. The number of β-amino-alcohol motifs (C(OH)–C–C–N with tert-alkyl or cyclic N) is 1. The van der Waals surface area contributed by atoms with Crippen molar-refractivity contribution in [3.05, 3.63) is 35.9 Å². The second-order valence-corrected chi connectivity index (χ2v) is 12.9. The lowest BCUT2D eigenvalue weighted by Gasteiger charge is -2.60. The van der Waals surface area contributed by atoms with Crippen LogP contribution >= 0.6 is 0 Å². The summed E-state index contributed by atoms with van der Waals surface area (Å²) in [5.74, 6) is -0.732. The molecule has 220 valence electrons. The van der Waals surface area contributed by atoms with Gasteiger partial charge < -0.3 is 25.0 Å². The van der Waals surface area contributed by atoms with Crippen molar-refractivity contribution < 1.29 is 29.6 Å². The van der Waals surface area contributed by atoms with Gasteiger partial charge in [0.2, 0.25) is 0 Å². The molecule has 2 heterocycles. The summed E-state index contributed by atoms with van der Waals surface area (Å²) in [5.41, 5.74) is 0.167. The van der Waals surface area contributed by atoms with E-state index in [1.54, 1.807) is 32.6 Å². The van der Waals surface area contributed by atoms with E-state index in [2.05, 4.69) is 38.0 Å². The van der Waals surface area contributed by atoms with Gasteiger partial charge in [0.1, 0.15) is 12.3 Å². The number of amides is 2. The van der Waals surface area contributed by atoms with Gasteiger partial charge in [0.15, 0.2) is 5.60 Å². The van der Waals surface area contributed by atoms with E-state index in [9.17, 15) is 24.9 Å². The smallest absolute Gasteiger partial charge is 0.262 e. The molecule has 2 saturated heterocycles. The highest BCUT2D eigenvalue weighted by molar-refractivity contribution is 5.92. The molecular weight excluding hydrogens is 500 g/mol. The van der Waals surface area contributed by atoms with Crippen LogP contribution in [0.1, 0.15) is 73.8 Å². The van der Waals surface area contributed by atoms with Gasteiger partial charge in [-0.1, -0.05) is 30.3 Å². The van der Waals surface area contributed by atoms with E-state index in [0.717, 1.165) is 0 Å². The number of benzene rings is 1. The predicted octanol–water partition coefficient (Wildman–Crippen LogP) is 1.59. The molecular formula is C29H48N4O6.